The van der Waals surface area contributed by atoms with Crippen molar-refractivity contribution in [2.45, 2.75) is 56.7 Å². The highest BCUT2D eigenvalue weighted by atomic mass is 19.1. The van der Waals surface area contributed by atoms with Crippen LogP contribution in [0, 0.1) is 11.7 Å². The predicted molar refractivity (Wildman–Crippen MR) is 139 cm³/mol. The lowest BCUT2D eigenvalue weighted by atomic mass is 9.93. The zero-order valence-corrected chi connectivity index (χ0v) is 21.7. The van der Waals surface area contributed by atoms with Crippen LogP contribution in [0.25, 0.3) is 11.1 Å². The molecule has 2 atom stereocenters. The number of halogens is 1. The van der Waals surface area contributed by atoms with Gasteiger partial charge < -0.3 is 9.64 Å². The lowest BCUT2D eigenvalue weighted by Gasteiger charge is -2.31. The Kier molecular flexibility index (Phi) is 5.40. The van der Waals surface area contributed by atoms with Crippen molar-refractivity contribution < 1.29 is 23.5 Å². The van der Waals surface area contributed by atoms with Crippen LogP contribution in [0.15, 0.2) is 48.8 Å². The van der Waals surface area contributed by atoms with Crippen molar-refractivity contribution in [3.63, 3.8) is 0 Å². The Balaban J connectivity index is 1.14. The standard InChI is InChI=1S/C30H29FN4O4/c1-33-15-23(14-32-33)19-5-8-25-21(12-19)10-11-30(25)28(37)35(29(38)39-30)17-27(36)34-16-22-4-7-24(31)13-20(22)6-9-26(34)18-2-3-18/h4-5,7-8,12-15,18,26H,2-3,6,9-11,16-17H2,1H3/t26?,30-/m0/s1. The van der Waals surface area contributed by atoms with E-state index in [1.54, 1.807) is 27.9 Å². The second-order valence-corrected chi connectivity index (χ2v) is 11.2. The van der Waals surface area contributed by atoms with E-state index >= 15 is 0 Å². The summed E-state index contributed by atoms with van der Waals surface area (Å²) in [5, 5.41) is 4.23. The van der Waals surface area contributed by atoms with Crippen LogP contribution in [0.3, 0.4) is 0 Å². The highest BCUT2D eigenvalue weighted by Crippen LogP contribution is 2.46. The molecule has 0 N–H and O–H groups in total. The summed E-state index contributed by atoms with van der Waals surface area (Å²) < 4.78 is 21.4. The highest BCUT2D eigenvalue weighted by Gasteiger charge is 2.58. The summed E-state index contributed by atoms with van der Waals surface area (Å²) in [6.45, 7) is -0.0138. The van der Waals surface area contributed by atoms with E-state index in [1.807, 2.05) is 31.4 Å². The fourth-order valence-electron chi connectivity index (χ4n) is 6.61. The highest BCUT2D eigenvalue weighted by molar-refractivity contribution is 6.06. The third kappa shape index (κ3) is 3.94. The minimum atomic E-state index is -1.39. The second-order valence-electron chi connectivity index (χ2n) is 11.2. The number of hydrogen-bond acceptors (Lipinski definition) is 5. The second kappa shape index (κ2) is 8.76. The molecule has 3 heterocycles. The van der Waals surface area contributed by atoms with Crippen LogP contribution in [0.1, 0.15) is 47.9 Å². The third-order valence-electron chi connectivity index (χ3n) is 8.80. The number of ether oxygens (including phenoxy) is 1. The van der Waals surface area contributed by atoms with Gasteiger partial charge in [0.25, 0.3) is 5.91 Å². The van der Waals surface area contributed by atoms with E-state index in [1.165, 1.54) is 6.07 Å². The molecule has 1 unspecified atom stereocenters. The lowest BCUT2D eigenvalue weighted by molar-refractivity contribution is -0.143. The van der Waals surface area contributed by atoms with Gasteiger partial charge in [-0.15, -0.1) is 0 Å². The number of hydrogen-bond donors (Lipinski definition) is 0. The van der Waals surface area contributed by atoms with Gasteiger partial charge in [-0.1, -0.05) is 24.3 Å². The van der Waals surface area contributed by atoms with E-state index < -0.39 is 17.6 Å². The van der Waals surface area contributed by atoms with Gasteiger partial charge in [-0.3, -0.25) is 14.3 Å². The first-order valence-corrected chi connectivity index (χ1v) is 13.6. The van der Waals surface area contributed by atoms with Gasteiger partial charge in [-0.25, -0.2) is 14.1 Å². The number of aryl methyl sites for hydroxylation is 3. The van der Waals surface area contributed by atoms with Gasteiger partial charge in [-0.05, 0) is 72.4 Å². The van der Waals surface area contributed by atoms with E-state index in [2.05, 4.69) is 5.10 Å². The van der Waals surface area contributed by atoms with Crippen molar-refractivity contribution in [2.24, 2.45) is 13.0 Å². The number of aromatic nitrogens is 2. The minimum Gasteiger partial charge on any atom is -0.427 e. The summed E-state index contributed by atoms with van der Waals surface area (Å²) in [5.41, 5.74) is 4.03. The minimum absolute atomic E-state index is 0.00810. The number of amides is 3. The maximum absolute atomic E-state index is 13.9. The van der Waals surface area contributed by atoms with Crippen molar-refractivity contribution in [1.82, 2.24) is 19.6 Å². The summed E-state index contributed by atoms with van der Waals surface area (Å²) in [4.78, 5) is 43.3. The number of benzene rings is 2. The molecule has 2 aliphatic carbocycles. The van der Waals surface area contributed by atoms with Gasteiger partial charge in [0, 0.05) is 43.4 Å². The van der Waals surface area contributed by atoms with Gasteiger partial charge in [0.2, 0.25) is 11.5 Å². The van der Waals surface area contributed by atoms with Crippen molar-refractivity contribution in [1.29, 1.82) is 0 Å². The van der Waals surface area contributed by atoms with Crippen molar-refractivity contribution in [2.75, 3.05) is 6.54 Å². The molecule has 1 saturated carbocycles. The Morgan fingerprint density at radius 3 is 2.67 bits per heavy atom. The SMILES string of the molecule is Cn1cc(-c2ccc3c(c2)CC[C@]32OC(=O)N(CC(=O)N3Cc4ccc(F)cc4CCC3C3CC3)C2=O)cn1. The van der Waals surface area contributed by atoms with E-state index in [9.17, 15) is 18.8 Å². The average Bonchev–Trinajstić information content (AvgIpc) is 3.55. The first-order valence-electron chi connectivity index (χ1n) is 13.6. The molecule has 3 amide bonds. The molecule has 1 saturated heterocycles. The smallest absolute Gasteiger partial charge is 0.418 e. The molecule has 4 aliphatic rings. The Hall–Kier alpha value is -4.01. The number of rotatable bonds is 4. The molecule has 0 bridgehead atoms. The van der Waals surface area contributed by atoms with Crippen LogP contribution in [0.2, 0.25) is 0 Å². The quantitative estimate of drug-likeness (QED) is 0.509. The average molecular weight is 529 g/mol. The van der Waals surface area contributed by atoms with Crippen LogP contribution < -0.4 is 0 Å². The van der Waals surface area contributed by atoms with Crippen LogP contribution in [0.5, 0.6) is 0 Å². The Morgan fingerprint density at radius 2 is 1.90 bits per heavy atom. The number of carbonyl (C=O) groups is 3. The molecule has 1 spiro atoms. The van der Waals surface area contributed by atoms with Gasteiger partial charge in [-0.2, -0.15) is 5.10 Å². The number of carbonyl (C=O) groups excluding carboxylic acids is 3. The van der Waals surface area contributed by atoms with E-state index in [0.717, 1.165) is 52.0 Å². The van der Waals surface area contributed by atoms with Gasteiger partial charge in [0.1, 0.15) is 12.4 Å². The summed E-state index contributed by atoms with van der Waals surface area (Å²) in [6, 6.07) is 10.5. The van der Waals surface area contributed by atoms with Crippen molar-refractivity contribution in [3.05, 3.63) is 76.9 Å². The van der Waals surface area contributed by atoms with E-state index in [-0.39, 0.29) is 24.3 Å². The molecule has 3 aromatic rings. The summed E-state index contributed by atoms with van der Waals surface area (Å²) >= 11 is 0. The molecule has 9 heteroatoms. The lowest BCUT2D eigenvalue weighted by Crippen LogP contribution is -2.48. The van der Waals surface area contributed by atoms with Crippen LogP contribution in [-0.2, 0) is 46.4 Å². The maximum atomic E-state index is 13.9. The molecule has 2 aromatic carbocycles. The summed E-state index contributed by atoms with van der Waals surface area (Å²) in [6.07, 6.45) is 7.40. The molecule has 200 valence electrons. The largest absolute Gasteiger partial charge is 0.427 e. The third-order valence-corrected chi connectivity index (χ3v) is 8.80. The molecule has 1 aromatic heterocycles. The van der Waals surface area contributed by atoms with Crippen molar-refractivity contribution >= 4 is 17.9 Å². The molecular formula is C30H29FN4O4. The molecule has 0 radical (unpaired) electrons. The van der Waals surface area contributed by atoms with Crippen LogP contribution in [0.4, 0.5) is 9.18 Å². The first-order chi connectivity index (χ1) is 18.8. The van der Waals surface area contributed by atoms with E-state index in [4.69, 9.17) is 4.74 Å². The number of fused-ring (bicyclic) bond motifs is 3. The molecular weight excluding hydrogens is 499 g/mol. The fraction of sp³-hybridized carbons (Fsp3) is 0.400. The summed E-state index contributed by atoms with van der Waals surface area (Å²) in [7, 11) is 1.86. The Bertz CT molecular complexity index is 1530. The topological polar surface area (TPSA) is 84.7 Å². The number of nitrogens with zero attached hydrogens (tertiary/aromatic N) is 4. The first kappa shape index (κ1) is 24.1. The fourth-order valence-corrected chi connectivity index (χ4v) is 6.61. The van der Waals surface area contributed by atoms with Crippen LogP contribution >= 0.6 is 0 Å². The van der Waals surface area contributed by atoms with Gasteiger partial charge >= 0.3 is 6.09 Å². The molecule has 2 aliphatic heterocycles. The Labute approximate surface area is 225 Å². The van der Waals surface area contributed by atoms with Gasteiger partial charge in [0.05, 0.1) is 6.20 Å². The molecule has 7 rings (SSSR count). The number of imide groups is 1. The molecule has 8 nitrogen and oxygen atoms in total. The zero-order valence-electron chi connectivity index (χ0n) is 21.7. The monoisotopic (exact) mass is 528 g/mol. The van der Waals surface area contributed by atoms with E-state index in [0.29, 0.717) is 37.3 Å². The van der Waals surface area contributed by atoms with Gasteiger partial charge in [0.15, 0.2) is 0 Å². The van der Waals surface area contributed by atoms with Crippen molar-refractivity contribution in [3.8, 4) is 11.1 Å². The maximum Gasteiger partial charge on any atom is 0.418 e. The normalized spacial score (nSPS) is 24.1. The molecule has 39 heavy (non-hydrogen) atoms. The predicted octanol–water partition coefficient (Wildman–Crippen LogP) is 4.10. The Morgan fingerprint density at radius 1 is 1.05 bits per heavy atom. The summed E-state index contributed by atoms with van der Waals surface area (Å²) in [5.74, 6) is -0.640. The zero-order chi connectivity index (χ0) is 26.9. The molecule has 2 fully saturated rings. The van der Waals surface area contributed by atoms with Crippen LogP contribution in [-0.4, -0.2) is 50.1 Å².